The van der Waals surface area contributed by atoms with E-state index in [0.29, 0.717) is 17.4 Å². The molecule has 0 fully saturated rings. The van der Waals surface area contributed by atoms with Gasteiger partial charge in [0.2, 0.25) is 5.28 Å². The van der Waals surface area contributed by atoms with Crippen LogP contribution in [0.3, 0.4) is 0 Å². The van der Waals surface area contributed by atoms with Crippen molar-refractivity contribution < 1.29 is 0 Å². The van der Waals surface area contributed by atoms with Crippen molar-refractivity contribution in [1.82, 2.24) is 9.97 Å². The normalized spacial score (nSPS) is 9.50. The van der Waals surface area contributed by atoms with Gasteiger partial charge in [0.25, 0.3) is 0 Å². The van der Waals surface area contributed by atoms with E-state index in [9.17, 15) is 0 Å². The van der Waals surface area contributed by atoms with Crippen LogP contribution in [-0.2, 0) is 0 Å². The number of aromatic nitrogens is 2. The quantitative estimate of drug-likeness (QED) is 0.466. The third kappa shape index (κ3) is 2.36. The van der Waals surface area contributed by atoms with E-state index < -0.39 is 0 Å². The maximum atomic E-state index is 5.73. The molecule has 0 saturated heterocycles. The molecule has 5 heteroatoms. The number of rotatable bonds is 3. The molecule has 0 aliphatic rings. The van der Waals surface area contributed by atoms with Crippen LogP contribution >= 0.6 is 23.2 Å². The number of hydrogen-bond acceptors (Lipinski definition) is 3. The van der Waals surface area contributed by atoms with Crippen LogP contribution in [0, 0.1) is 0 Å². The van der Waals surface area contributed by atoms with Gasteiger partial charge in [-0.1, -0.05) is 17.7 Å². The fraction of sp³-hybridized carbons (Fsp3) is 0.143. The summed E-state index contributed by atoms with van der Waals surface area (Å²) in [7, 11) is 0. The van der Waals surface area contributed by atoms with E-state index in [1.54, 1.807) is 6.08 Å². The van der Waals surface area contributed by atoms with Crippen LogP contribution in [0.4, 0.5) is 5.69 Å². The SMILES string of the molecule is C=CCNc1cnc(Cl)nc1Cl. The summed E-state index contributed by atoms with van der Waals surface area (Å²) >= 11 is 11.2. The summed E-state index contributed by atoms with van der Waals surface area (Å²) in [4.78, 5) is 7.52. The van der Waals surface area contributed by atoms with Gasteiger partial charge in [-0.25, -0.2) is 9.97 Å². The van der Waals surface area contributed by atoms with E-state index in [4.69, 9.17) is 23.2 Å². The summed E-state index contributed by atoms with van der Waals surface area (Å²) in [5.41, 5.74) is 0.654. The molecule has 1 N–H and O–H groups in total. The summed E-state index contributed by atoms with van der Waals surface area (Å²) in [5.74, 6) is 0. The van der Waals surface area contributed by atoms with Crippen molar-refractivity contribution in [3.63, 3.8) is 0 Å². The summed E-state index contributed by atoms with van der Waals surface area (Å²) in [6.45, 7) is 4.17. The molecule has 0 atom stereocenters. The highest BCUT2D eigenvalue weighted by Gasteiger charge is 2.01. The average Bonchev–Trinajstić information content (AvgIpc) is 2.03. The van der Waals surface area contributed by atoms with Gasteiger partial charge in [0, 0.05) is 6.54 Å². The largest absolute Gasteiger partial charge is 0.378 e. The number of nitrogens with zero attached hydrogens (tertiary/aromatic N) is 2. The Morgan fingerprint density at radius 3 is 2.92 bits per heavy atom. The Hall–Kier alpha value is -0.800. The van der Waals surface area contributed by atoms with Crippen LogP contribution in [0.1, 0.15) is 0 Å². The van der Waals surface area contributed by atoms with Gasteiger partial charge in [-0.2, -0.15) is 0 Å². The molecule has 0 aliphatic carbocycles. The van der Waals surface area contributed by atoms with Gasteiger partial charge < -0.3 is 5.32 Å². The predicted molar refractivity (Wildman–Crippen MR) is 50.7 cm³/mol. The van der Waals surface area contributed by atoms with Gasteiger partial charge in [0.05, 0.1) is 11.9 Å². The maximum absolute atomic E-state index is 5.73. The van der Waals surface area contributed by atoms with Crippen molar-refractivity contribution in [2.24, 2.45) is 0 Å². The highest BCUT2D eigenvalue weighted by Crippen LogP contribution is 2.18. The summed E-state index contributed by atoms with van der Waals surface area (Å²) in [6.07, 6.45) is 3.24. The van der Waals surface area contributed by atoms with E-state index in [1.165, 1.54) is 6.20 Å². The third-order valence-electron chi connectivity index (χ3n) is 1.15. The molecule has 0 unspecified atom stereocenters. The van der Waals surface area contributed by atoms with Crippen molar-refractivity contribution in [3.05, 3.63) is 29.3 Å². The molecule has 0 bridgehead atoms. The fourth-order valence-corrected chi connectivity index (χ4v) is 1.01. The van der Waals surface area contributed by atoms with Gasteiger partial charge >= 0.3 is 0 Å². The van der Waals surface area contributed by atoms with Crippen molar-refractivity contribution in [2.45, 2.75) is 0 Å². The van der Waals surface area contributed by atoms with Crippen molar-refractivity contribution >= 4 is 28.9 Å². The van der Waals surface area contributed by atoms with E-state index in [2.05, 4.69) is 21.9 Å². The molecule has 12 heavy (non-hydrogen) atoms. The minimum absolute atomic E-state index is 0.143. The second kappa shape index (κ2) is 4.28. The zero-order valence-electron chi connectivity index (χ0n) is 6.22. The maximum Gasteiger partial charge on any atom is 0.223 e. The van der Waals surface area contributed by atoms with E-state index in [1.807, 2.05) is 0 Å². The minimum Gasteiger partial charge on any atom is -0.378 e. The Kier molecular flexibility index (Phi) is 3.31. The highest BCUT2D eigenvalue weighted by atomic mass is 35.5. The summed E-state index contributed by atoms with van der Waals surface area (Å²) in [6, 6.07) is 0. The molecule has 0 aromatic carbocycles. The van der Waals surface area contributed by atoms with E-state index in [-0.39, 0.29) is 5.28 Å². The minimum atomic E-state index is 0.143. The molecule has 0 radical (unpaired) electrons. The molecule has 1 aromatic rings. The van der Waals surface area contributed by atoms with Gasteiger partial charge in [-0.3, -0.25) is 0 Å². The molecule has 0 amide bonds. The molecule has 0 spiro atoms. The first-order chi connectivity index (χ1) is 5.74. The van der Waals surface area contributed by atoms with Crippen molar-refractivity contribution in [2.75, 3.05) is 11.9 Å². The molecule has 1 heterocycles. The smallest absolute Gasteiger partial charge is 0.223 e. The monoisotopic (exact) mass is 203 g/mol. The first-order valence-electron chi connectivity index (χ1n) is 3.27. The summed E-state index contributed by atoms with van der Waals surface area (Å²) < 4.78 is 0. The lowest BCUT2D eigenvalue weighted by Crippen LogP contribution is -2.00. The third-order valence-corrected chi connectivity index (χ3v) is 1.62. The van der Waals surface area contributed by atoms with Crippen LogP contribution in [-0.4, -0.2) is 16.5 Å². The van der Waals surface area contributed by atoms with Crippen LogP contribution in [0.25, 0.3) is 0 Å². The lowest BCUT2D eigenvalue weighted by Gasteiger charge is -2.03. The Morgan fingerprint density at radius 1 is 1.58 bits per heavy atom. The van der Waals surface area contributed by atoms with Gasteiger partial charge in [0.1, 0.15) is 0 Å². The Bertz CT molecular complexity index is 288. The Labute approximate surface area is 80.4 Å². The van der Waals surface area contributed by atoms with Crippen molar-refractivity contribution in [3.8, 4) is 0 Å². The van der Waals surface area contributed by atoms with Crippen LogP contribution in [0.5, 0.6) is 0 Å². The van der Waals surface area contributed by atoms with Crippen molar-refractivity contribution in [1.29, 1.82) is 0 Å². The van der Waals surface area contributed by atoms with Gasteiger partial charge in [-0.15, -0.1) is 6.58 Å². The fourth-order valence-electron chi connectivity index (χ4n) is 0.642. The first kappa shape index (κ1) is 9.29. The number of hydrogen-bond donors (Lipinski definition) is 1. The van der Waals surface area contributed by atoms with E-state index in [0.717, 1.165) is 0 Å². The predicted octanol–water partition coefficient (Wildman–Crippen LogP) is 2.38. The number of nitrogens with one attached hydrogen (secondary N) is 1. The first-order valence-corrected chi connectivity index (χ1v) is 4.02. The molecule has 0 saturated carbocycles. The topological polar surface area (TPSA) is 37.8 Å². The molecule has 64 valence electrons. The molecular formula is C7H7Cl2N3. The molecular weight excluding hydrogens is 197 g/mol. The zero-order valence-corrected chi connectivity index (χ0v) is 7.73. The highest BCUT2D eigenvalue weighted by molar-refractivity contribution is 6.33. The Morgan fingerprint density at radius 2 is 2.33 bits per heavy atom. The second-order valence-corrected chi connectivity index (χ2v) is 2.71. The lowest BCUT2D eigenvalue weighted by molar-refractivity contribution is 1.15. The summed E-state index contributed by atoms with van der Waals surface area (Å²) in [5, 5.41) is 3.42. The molecule has 3 nitrogen and oxygen atoms in total. The standard InChI is InChI=1S/C7H7Cl2N3/c1-2-3-10-5-4-11-7(9)12-6(5)8/h2,4,10H,1,3H2. The van der Waals surface area contributed by atoms with Crippen LogP contribution in [0.2, 0.25) is 10.4 Å². The molecule has 1 rings (SSSR count). The zero-order chi connectivity index (χ0) is 8.97. The second-order valence-electron chi connectivity index (χ2n) is 2.01. The number of halogens is 2. The molecule has 0 aliphatic heterocycles. The number of anilines is 1. The Balaban J connectivity index is 2.78. The van der Waals surface area contributed by atoms with Gasteiger partial charge in [0.15, 0.2) is 5.15 Å². The van der Waals surface area contributed by atoms with E-state index >= 15 is 0 Å². The lowest BCUT2D eigenvalue weighted by atomic mass is 10.5. The van der Waals surface area contributed by atoms with Gasteiger partial charge in [-0.05, 0) is 11.6 Å². The van der Waals surface area contributed by atoms with Crippen LogP contribution in [0.15, 0.2) is 18.9 Å². The average molecular weight is 204 g/mol. The van der Waals surface area contributed by atoms with Crippen LogP contribution < -0.4 is 5.32 Å². The molecule has 1 aromatic heterocycles.